The number of ether oxygens (including phenoxy) is 2. The third-order valence-electron chi connectivity index (χ3n) is 5.14. The number of hydrogen-bond acceptors (Lipinski definition) is 3. The predicted molar refractivity (Wildman–Crippen MR) is 103 cm³/mol. The van der Waals surface area contributed by atoms with Gasteiger partial charge in [-0.15, -0.1) is 0 Å². The van der Waals surface area contributed by atoms with Crippen molar-refractivity contribution < 1.29 is 23.8 Å². The Kier molecular flexibility index (Phi) is 4.96. The summed E-state index contributed by atoms with van der Waals surface area (Å²) in [5, 5.41) is 9.11. The quantitative estimate of drug-likeness (QED) is 0.741. The van der Waals surface area contributed by atoms with Crippen LogP contribution in [-0.4, -0.2) is 24.8 Å². The van der Waals surface area contributed by atoms with Crippen molar-refractivity contribution in [3.05, 3.63) is 58.7 Å². The number of carboxylic acid groups (broad SMARTS) is 1. The normalized spacial score (nSPS) is 16.0. The van der Waals surface area contributed by atoms with Gasteiger partial charge in [0.1, 0.15) is 17.3 Å². The Labute approximate surface area is 158 Å². The average molecular weight is 370 g/mol. The van der Waals surface area contributed by atoms with Gasteiger partial charge in [-0.25, -0.2) is 9.18 Å². The monoisotopic (exact) mass is 370 g/mol. The molecule has 0 aliphatic carbocycles. The summed E-state index contributed by atoms with van der Waals surface area (Å²) in [6.45, 7) is 6.69. The molecule has 1 aliphatic rings. The molecular formula is C22H23FO4. The number of methoxy groups -OCH3 is 1. The topological polar surface area (TPSA) is 55.8 Å². The van der Waals surface area contributed by atoms with Crippen LogP contribution in [0, 0.1) is 0 Å². The molecule has 0 atom stereocenters. The van der Waals surface area contributed by atoms with Crippen molar-refractivity contribution in [3.63, 3.8) is 0 Å². The van der Waals surface area contributed by atoms with E-state index in [0.29, 0.717) is 12.2 Å². The van der Waals surface area contributed by atoms with Crippen molar-refractivity contribution in [2.75, 3.05) is 13.7 Å². The molecule has 1 heterocycles. The summed E-state index contributed by atoms with van der Waals surface area (Å²) < 4.78 is 26.2. The highest BCUT2D eigenvalue weighted by atomic mass is 19.1. The van der Waals surface area contributed by atoms with E-state index < -0.39 is 11.8 Å². The summed E-state index contributed by atoms with van der Waals surface area (Å²) in [5.41, 5.74) is 2.52. The molecule has 27 heavy (non-hydrogen) atoms. The molecule has 3 rings (SSSR count). The number of fused-ring (bicyclic) bond motifs is 1. The van der Waals surface area contributed by atoms with Gasteiger partial charge in [0.2, 0.25) is 0 Å². The Morgan fingerprint density at radius 3 is 2.56 bits per heavy atom. The number of hydrogen-bond donors (Lipinski definition) is 1. The van der Waals surface area contributed by atoms with E-state index in [1.165, 1.54) is 25.3 Å². The second-order valence-corrected chi connectivity index (χ2v) is 7.35. The van der Waals surface area contributed by atoms with Gasteiger partial charge in [0, 0.05) is 5.56 Å². The molecule has 0 saturated heterocycles. The second kappa shape index (κ2) is 7.06. The maximum atomic E-state index is 15.2. The van der Waals surface area contributed by atoms with Crippen molar-refractivity contribution in [2.24, 2.45) is 0 Å². The Balaban J connectivity index is 2.08. The Morgan fingerprint density at radius 1 is 1.19 bits per heavy atom. The number of halogens is 1. The van der Waals surface area contributed by atoms with Crippen LogP contribution in [0.4, 0.5) is 4.39 Å². The fraction of sp³-hybridized carbons (Fsp3) is 0.318. The van der Waals surface area contributed by atoms with Crippen LogP contribution in [0.1, 0.15) is 54.2 Å². The zero-order valence-corrected chi connectivity index (χ0v) is 15.9. The number of aromatic carboxylic acids is 1. The minimum absolute atomic E-state index is 0.0405. The van der Waals surface area contributed by atoms with Gasteiger partial charge in [0.15, 0.2) is 0 Å². The van der Waals surface area contributed by atoms with Crippen LogP contribution >= 0.6 is 0 Å². The van der Waals surface area contributed by atoms with E-state index in [1.54, 1.807) is 6.92 Å². The van der Waals surface area contributed by atoms with Crippen LogP contribution in [-0.2, 0) is 5.41 Å². The highest BCUT2D eigenvalue weighted by Gasteiger charge is 2.29. The minimum atomic E-state index is -1.09. The molecule has 2 aromatic rings. The Bertz CT molecular complexity index is 928. The van der Waals surface area contributed by atoms with Crippen LogP contribution < -0.4 is 9.47 Å². The van der Waals surface area contributed by atoms with Crippen LogP contribution in [0.25, 0.3) is 11.4 Å². The third-order valence-corrected chi connectivity index (χ3v) is 5.14. The highest BCUT2D eigenvalue weighted by Crippen LogP contribution is 2.41. The Hall–Kier alpha value is -2.82. The molecule has 0 aromatic heterocycles. The smallest absolute Gasteiger partial charge is 0.335 e. The molecule has 4 nitrogen and oxygen atoms in total. The van der Waals surface area contributed by atoms with E-state index in [4.69, 9.17) is 14.6 Å². The summed E-state index contributed by atoms with van der Waals surface area (Å²) in [4.78, 5) is 11.1. The molecule has 5 heteroatoms. The second-order valence-electron chi connectivity index (χ2n) is 7.35. The van der Waals surface area contributed by atoms with Crippen molar-refractivity contribution >= 4 is 17.4 Å². The van der Waals surface area contributed by atoms with Gasteiger partial charge < -0.3 is 14.6 Å². The lowest BCUT2D eigenvalue weighted by Gasteiger charge is -2.32. The number of rotatable bonds is 4. The van der Waals surface area contributed by atoms with Gasteiger partial charge >= 0.3 is 5.97 Å². The van der Waals surface area contributed by atoms with Crippen LogP contribution in [0.3, 0.4) is 0 Å². The lowest BCUT2D eigenvalue weighted by molar-refractivity contribution is 0.0696. The van der Waals surface area contributed by atoms with Crippen LogP contribution in [0.2, 0.25) is 0 Å². The minimum Gasteiger partial charge on any atom is -0.496 e. The fourth-order valence-electron chi connectivity index (χ4n) is 3.30. The maximum absolute atomic E-state index is 15.2. The van der Waals surface area contributed by atoms with E-state index in [9.17, 15) is 4.79 Å². The molecule has 1 aliphatic heterocycles. The molecule has 2 aromatic carbocycles. The molecule has 0 unspecified atom stereocenters. The van der Waals surface area contributed by atoms with E-state index in [-0.39, 0.29) is 22.3 Å². The van der Waals surface area contributed by atoms with Crippen molar-refractivity contribution in [1.29, 1.82) is 0 Å². The van der Waals surface area contributed by atoms with Gasteiger partial charge in [-0.3, -0.25) is 0 Å². The lowest BCUT2D eigenvalue weighted by atomic mass is 9.79. The van der Waals surface area contributed by atoms with Crippen LogP contribution in [0.5, 0.6) is 11.5 Å². The van der Waals surface area contributed by atoms with Gasteiger partial charge in [-0.2, -0.15) is 0 Å². The highest BCUT2D eigenvalue weighted by molar-refractivity contribution is 5.92. The zero-order valence-electron chi connectivity index (χ0n) is 15.9. The number of benzene rings is 2. The first kappa shape index (κ1) is 19.0. The molecule has 142 valence electrons. The number of allylic oxidation sites excluding steroid dienone is 1. The summed E-state index contributed by atoms with van der Waals surface area (Å²) in [7, 11) is 1.39. The first-order valence-electron chi connectivity index (χ1n) is 8.80. The molecule has 1 N–H and O–H groups in total. The van der Waals surface area contributed by atoms with Crippen LogP contribution in [0.15, 0.2) is 36.4 Å². The third kappa shape index (κ3) is 3.54. The largest absolute Gasteiger partial charge is 0.496 e. The van der Waals surface area contributed by atoms with Gasteiger partial charge in [0.05, 0.1) is 24.8 Å². The average Bonchev–Trinajstić information content (AvgIpc) is 2.66. The van der Waals surface area contributed by atoms with Crippen molar-refractivity contribution in [3.8, 4) is 11.5 Å². The zero-order chi connectivity index (χ0) is 19.8. The first-order valence-corrected chi connectivity index (χ1v) is 8.80. The van der Waals surface area contributed by atoms with E-state index in [0.717, 1.165) is 23.3 Å². The number of carbonyl (C=O) groups is 1. The van der Waals surface area contributed by atoms with E-state index >= 15 is 4.39 Å². The molecule has 0 radical (unpaired) electrons. The summed E-state index contributed by atoms with van der Waals surface area (Å²) in [6, 6.07) is 9.83. The molecule has 0 fully saturated rings. The standard InChI is InChI=1S/C22H23FO4/c1-13(14-6-8-18-17(11-14)22(2,3)9-10-27-18)20(23)16-7-5-15(21(24)25)12-19(16)26-4/h5-8,11-12H,9-10H2,1-4H3,(H,24,25)/b20-13+. The maximum Gasteiger partial charge on any atom is 0.335 e. The fourth-order valence-corrected chi connectivity index (χ4v) is 3.30. The Morgan fingerprint density at radius 2 is 1.89 bits per heavy atom. The van der Waals surface area contributed by atoms with Gasteiger partial charge in [-0.1, -0.05) is 19.9 Å². The van der Waals surface area contributed by atoms with Gasteiger partial charge in [-0.05, 0) is 60.2 Å². The summed E-state index contributed by atoms with van der Waals surface area (Å²) in [5.74, 6) is -0.504. The number of carboxylic acids is 1. The molecule has 0 amide bonds. The van der Waals surface area contributed by atoms with Crippen molar-refractivity contribution in [2.45, 2.75) is 32.6 Å². The predicted octanol–water partition coefficient (Wildman–Crippen LogP) is 5.31. The van der Waals surface area contributed by atoms with Gasteiger partial charge in [0.25, 0.3) is 0 Å². The summed E-state index contributed by atoms with van der Waals surface area (Å²) in [6.07, 6.45) is 0.902. The lowest BCUT2D eigenvalue weighted by Crippen LogP contribution is -2.26. The molecule has 0 bridgehead atoms. The molecular weight excluding hydrogens is 347 g/mol. The van der Waals surface area contributed by atoms with Crippen molar-refractivity contribution in [1.82, 2.24) is 0 Å². The van der Waals surface area contributed by atoms with E-state index in [1.807, 2.05) is 18.2 Å². The van der Waals surface area contributed by atoms with E-state index in [2.05, 4.69) is 13.8 Å². The molecule has 0 spiro atoms. The first-order chi connectivity index (χ1) is 12.7. The summed E-state index contributed by atoms with van der Waals surface area (Å²) >= 11 is 0. The SMILES string of the molecule is COc1cc(C(=O)O)ccc1/C(F)=C(/C)c1ccc2c(c1)C(C)(C)CCO2. The molecule has 0 saturated carbocycles.